The Morgan fingerprint density at radius 2 is 1.81 bits per heavy atom. The number of unbranched alkanes of at least 4 members (excludes halogenated alkanes) is 1. The predicted octanol–water partition coefficient (Wildman–Crippen LogP) is 0.399. The van der Waals surface area contributed by atoms with Gasteiger partial charge in [0.1, 0.15) is 24.8 Å². The Morgan fingerprint density at radius 3 is 2.35 bits per heavy atom. The molecule has 0 spiro atoms. The first kappa shape index (κ1) is 29.4. The van der Waals surface area contributed by atoms with Crippen LogP contribution in [0.25, 0.3) is 11.2 Å². The predicted molar refractivity (Wildman–Crippen MR) is 129 cm³/mol. The van der Waals surface area contributed by atoms with Gasteiger partial charge in [-0.2, -0.15) is 26.8 Å². The molecule has 3 atom stereocenters. The van der Waals surface area contributed by atoms with E-state index >= 15 is 0 Å². The lowest BCUT2D eigenvalue weighted by Gasteiger charge is -2.33. The van der Waals surface area contributed by atoms with Crippen LogP contribution in [0.1, 0.15) is 32.9 Å². The molecule has 0 aliphatic carbocycles. The van der Waals surface area contributed by atoms with Crippen LogP contribution < -0.4 is 5.73 Å². The van der Waals surface area contributed by atoms with Crippen LogP contribution in [-0.2, 0) is 47.6 Å². The maximum Gasteiger partial charge on any atom is 0.303 e. The second-order valence-electron chi connectivity index (χ2n) is 8.42. The molecule has 208 valence electrons. The quantitative estimate of drug-likeness (QED) is 0.155. The number of nitrogens with zero attached hydrogens (tertiary/aromatic N) is 4. The van der Waals surface area contributed by atoms with Gasteiger partial charge in [0, 0.05) is 13.5 Å². The summed E-state index contributed by atoms with van der Waals surface area (Å²) in [5.74, 6) is -0.896. The van der Waals surface area contributed by atoms with Gasteiger partial charge in [-0.05, 0) is 6.42 Å². The smallest absolute Gasteiger partial charge is 0.303 e. The molecular formula is C19H28ClN5O10S2. The van der Waals surface area contributed by atoms with Crippen LogP contribution in [0.2, 0.25) is 5.15 Å². The van der Waals surface area contributed by atoms with Crippen LogP contribution in [0.15, 0.2) is 6.33 Å². The van der Waals surface area contributed by atoms with Gasteiger partial charge in [-0.3, -0.25) is 17.7 Å². The number of anilines is 1. The number of aromatic nitrogens is 4. The number of halogens is 1. The topological polar surface area (TPSA) is 201 Å². The zero-order valence-electron chi connectivity index (χ0n) is 20.5. The van der Waals surface area contributed by atoms with E-state index in [4.69, 9.17) is 39.9 Å². The zero-order valence-corrected chi connectivity index (χ0v) is 22.9. The summed E-state index contributed by atoms with van der Waals surface area (Å²) in [6.45, 7) is 1.76. The molecule has 0 unspecified atom stereocenters. The fourth-order valence-electron chi connectivity index (χ4n) is 3.72. The monoisotopic (exact) mass is 585 g/mol. The van der Waals surface area contributed by atoms with Gasteiger partial charge in [-0.15, -0.1) is 0 Å². The van der Waals surface area contributed by atoms with Crippen LogP contribution >= 0.6 is 11.6 Å². The second kappa shape index (κ2) is 11.3. The number of hydrogen-bond acceptors (Lipinski definition) is 14. The van der Waals surface area contributed by atoms with Crippen molar-refractivity contribution >= 4 is 54.9 Å². The molecule has 1 aliphatic rings. The van der Waals surface area contributed by atoms with Crippen molar-refractivity contribution in [3.63, 3.8) is 0 Å². The van der Waals surface area contributed by atoms with Crippen molar-refractivity contribution in [1.29, 1.82) is 0 Å². The molecule has 2 N–H and O–H groups in total. The van der Waals surface area contributed by atoms with E-state index in [2.05, 4.69) is 15.0 Å². The summed E-state index contributed by atoms with van der Waals surface area (Å²) in [6.07, 6.45) is 0.451. The lowest BCUT2D eigenvalue weighted by Crippen LogP contribution is -2.53. The average molecular weight is 586 g/mol. The van der Waals surface area contributed by atoms with Crippen molar-refractivity contribution in [3.8, 4) is 0 Å². The summed E-state index contributed by atoms with van der Waals surface area (Å²) in [7, 11) is -8.06. The Labute approximate surface area is 218 Å². The second-order valence-corrected chi connectivity index (χ2v) is 12.1. The molecule has 15 nitrogen and oxygen atoms in total. The summed E-state index contributed by atoms with van der Waals surface area (Å²) < 4.78 is 76.8. The van der Waals surface area contributed by atoms with E-state index in [9.17, 15) is 21.6 Å². The molecule has 2 aromatic rings. The maximum atomic E-state index is 12.1. The molecule has 3 heterocycles. The Balaban J connectivity index is 2.18. The van der Waals surface area contributed by atoms with Gasteiger partial charge in [0.25, 0.3) is 20.2 Å². The van der Waals surface area contributed by atoms with E-state index < -0.39 is 63.5 Å². The highest BCUT2D eigenvalue weighted by Crippen LogP contribution is 2.43. The minimum absolute atomic E-state index is 0.0499. The van der Waals surface area contributed by atoms with Crippen molar-refractivity contribution in [3.05, 3.63) is 11.5 Å². The molecule has 0 aromatic carbocycles. The van der Waals surface area contributed by atoms with E-state index in [0.717, 1.165) is 25.9 Å². The molecular weight excluding hydrogens is 558 g/mol. The number of ether oxygens (including phenoxy) is 3. The SMILES string of the molecule is CCCCO[C@H]1[C@@H](OC(C)=O)[C@H](n2cnc3c(Cl)nc(N)nc32)OC1(COS(C)(=O)=O)COS(C)(=O)=O. The van der Waals surface area contributed by atoms with Gasteiger partial charge in [0.05, 0.1) is 18.8 Å². The molecule has 0 saturated carbocycles. The zero-order chi connectivity index (χ0) is 27.6. The number of carbonyl (C=O) groups excluding carboxylic acids is 1. The van der Waals surface area contributed by atoms with Crippen molar-refractivity contribution in [1.82, 2.24) is 19.5 Å². The summed E-state index contributed by atoms with van der Waals surface area (Å²) in [5, 5.41) is -0.0499. The van der Waals surface area contributed by atoms with E-state index in [-0.39, 0.29) is 28.9 Å². The number of imidazole rings is 1. The van der Waals surface area contributed by atoms with Crippen LogP contribution in [0.5, 0.6) is 0 Å². The minimum Gasteiger partial charge on any atom is -0.455 e. The van der Waals surface area contributed by atoms with Crippen molar-refractivity contribution in [2.24, 2.45) is 0 Å². The third-order valence-corrected chi connectivity index (χ3v) is 6.61. The number of nitrogens with two attached hydrogens (primary N) is 1. The summed E-state index contributed by atoms with van der Waals surface area (Å²) >= 11 is 6.14. The van der Waals surface area contributed by atoms with Crippen LogP contribution in [-0.4, -0.2) is 92.5 Å². The number of carbonyl (C=O) groups is 1. The van der Waals surface area contributed by atoms with Gasteiger partial charge >= 0.3 is 5.97 Å². The van der Waals surface area contributed by atoms with E-state index in [1.54, 1.807) is 0 Å². The first-order valence-corrected chi connectivity index (χ1v) is 15.0. The highest BCUT2D eigenvalue weighted by molar-refractivity contribution is 7.86. The van der Waals surface area contributed by atoms with Gasteiger partial charge in [-0.1, -0.05) is 24.9 Å². The van der Waals surface area contributed by atoms with Crippen LogP contribution in [0.4, 0.5) is 5.95 Å². The number of rotatable bonds is 12. The lowest BCUT2D eigenvalue weighted by molar-refractivity contribution is -0.158. The first-order valence-electron chi connectivity index (χ1n) is 11.0. The third-order valence-electron chi connectivity index (χ3n) is 5.26. The molecule has 1 aliphatic heterocycles. The molecule has 2 aromatic heterocycles. The first-order chi connectivity index (χ1) is 17.2. The Hall–Kier alpha value is -2.15. The molecule has 37 heavy (non-hydrogen) atoms. The number of nitrogen functional groups attached to an aromatic ring is 1. The highest BCUT2D eigenvalue weighted by atomic mass is 35.5. The lowest BCUT2D eigenvalue weighted by atomic mass is 9.96. The molecule has 0 bridgehead atoms. The fraction of sp³-hybridized carbons (Fsp3) is 0.684. The largest absolute Gasteiger partial charge is 0.455 e. The molecule has 0 radical (unpaired) electrons. The average Bonchev–Trinajstić information content (AvgIpc) is 3.30. The Morgan fingerprint density at radius 1 is 1.19 bits per heavy atom. The Kier molecular flexibility index (Phi) is 8.98. The fourth-order valence-corrected chi connectivity index (χ4v) is 4.77. The van der Waals surface area contributed by atoms with Crippen molar-refractivity contribution in [2.45, 2.75) is 50.7 Å². The van der Waals surface area contributed by atoms with Crippen LogP contribution in [0.3, 0.4) is 0 Å². The van der Waals surface area contributed by atoms with Crippen LogP contribution in [0, 0.1) is 0 Å². The minimum atomic E-state index is -4.03. The van der Waals surface area contributed by atoms with Gasteiger partial charge in [0.15, 0.2) is 28.7 Å². The molecule has 3 rings (SSSR count). The number of esters is 1. The summed E-state index contributed by atoms with van der Waals surface area (Å²) in [5.41, 5.74) is 4.12. The molecule has 18 heteroatoms. The highest BCUT2D eigenvalue weighted by Gasteiger charge is 2.60. The summed E-state index contributed by atoms with van der Waals surface area (Å²) in [4.78, 5) is 24.3. The standard InChI is InChI=1S/C19H28ClN5O10S2/c1-5-6-7-31-14-13(34-11(2)26)17(25-10-22-12-15(20)23-18(21)24-16(12)25)35-19(14,8-32-36(3,27)28)9-33-37(4,29)30/h10,13-14,17H,5-9H2,1-4H3,(H2,21,23,24)/t13-,14+,17-/m1/s1. The third kappa shape index (κ3) is 7.24. The molecule has 1 fully saturated rings. The van der Waals surface area contributed by atoms with Crippen molar-refractivity contribution in [2.75, 3.05) is 38.1 Å². The van der Waals surface area contributed by atoms with E-state index in [1.807, 2.05) is 6.92 Å². The Bertz CT molecular complexity index is 1310. The van der Waals surface area contributed by atoms with E-state index in [1.165, 1.54) is 10.9 Å². The van der Waals surface area contributed by atoms with Crippen molar-refractivity contribution < 1.29 is 44.2 Å². The normalized spacial score (nSPS) is 21.9. The summed E-state index contributed by atoms with van der Waals surface area (Å²) in [6, 6.07) is 0. The molecule has 1 saturated heterocycles. The number of hydrogen-bond donors (Lipinski definition) is 1. The maximum absolute atomic E-state index is 12.1. The number of fused-ring (bicyclic) bond motifs is 1. The van der Waals surface area contributed by atoms with E-state index in [0.29, 0.717) is 6.42 Å². The van der Waals surface area contributed by atoms with Gasteiger partial charge < -0.3 is 19.9 Å². The van der Waals surface area contributed by atoms with Gasteiger partial charge in [-0.25, -0.2) is 4.98 Å². The van der Waals surface area contributed by atoms with Gasteiger partial charge in [0.2, 0.25) is 5.95 Å². The molecule has 0 amide bonds.